The topological polar surface area (TPSA) is 75.2 Å². The number of benzene rings is 2. The summed E-state index contributed by atoms with van der Waals surface area (Å²) in [6, 6.07) is 9.67. The Balaban J connectivity index is 2.22. The van der Waals surface area contributed by atoms with Crippen molar-refractivity contribution in [3.8, 4) is 0 Å². The highest BCUT2D eigenvalue weighted by molar-refractivity contribution is 7.03. The van der Waals surface area contributed by atoms with Gasteiger partial charge in [0.25, 0.3) is 5.91 Å². The highest BCUT2D eigenvalue weighted by Crippen LogP contribution is 2.33. The van der Waals surface area contributed by atoms with Gasteiger partial charge >= 0.3 is 0 Å². The van der Waals surface area contributed by atoms with Gasteiger partial charge in [-0.1, -0.05) is 41.7 Å². The second kappa shape index (κ2) is 9.30. The number of rotatable bonds is 7. The Morgan fingerprint density at radius 2 is 1.74 bits per heavy atom. The minimum absolute atomic E-state index is 0.0632. The molecular formula is C22H22F2N4O2S. The fourth-order valence-corrected chi connectivity index (χ4v) is 3.41. The molecule has 0 bridgehead atoms. The highest BCUT2D eigenvalue weighted by atomic mass is 32.1. The lowest BCUT2D eigenvalue weighted by Crippen LogP contribution is -2.51. The van der Waals surface area contributed by atoms with E-state index >= 15 is 0 Å². The van der Waals surface area contributed by atoms with Crippen molar-refractivity contribution < 1.29 is 18.4 Å². The molecule has 0 saturated carbocycles. The van der Waals surface area contributed by atoms with Gasteiger partial charge < -0.3 is 5.32 Å². The van der Waals surface area contributed by atoms with Crippen molar-refractivity contribution in [2.75, 3.05) is 4.90 Å². The fourth-order valence-electron chi connectivity index (χ4n) is 2.98. The van der Waals surface area contributed by atoms with Gasteiger partial charge in [-0.2, -0.15) is 0 Å². The van der Waals surface area contributed by atoms with Crippen LogP contribution in [0.2, 0.25) is 0 Å². The van der Waals surface area contributed by atoms with Crippen LogP contribution in [-0.2, 0) is 4.79 Å². The van der Waals surface area contributed by atoms with Crippen molar-refractivity contribution >= 4 is 29.0 Å². The monoisotopic (exact) mass is 444 g/mol. The molecule has 0 unspecified atom stereocenters. The predicted molar refractivity (Wildman–Crippen MR) is 115 cm³/mol. The quantitative estimate of drug-likeness (QED) is 0.582. The number of hydrogen-bond acceptors (Lipinski definition) is 5. The average Bonchev–Trinajstić information content (AvgIpc) is 3.28. The summed E-state index contributed by atoms with van der Waals surface area (Å²) in [5.41, 5.74) is -0.936. The molecule has 0 spiro atoms. The number of hydrogen-bond donors (Lipinski definition) is 1. The van der Waals surface area contributed by atoms with E-state index in [0.29, 0.717) is 6.42 Å². The molecule has 1 heterocycles. The van der Waals surface area contributed by atoms with Crippen molar-refractivity contribution in [2.45, 2.75) is 38.8 Å². The molecule has 2 amide bonds. The zero-order valence-corrected chi connectivity index (χ0v) is 18.1. The Labute approximate surface area is 183 Å². The van der Waals surface area contributed by atoms with E-state index in [1.54, 1.807) is 6.07 Å². The van der Waals surface area contributed by atoms with Crippen LogP contribution in [0.1, 0.15) is 49.3 Å². The smallest absolute Gasteiger partial charge is 0.280 e. The molecule has 2 aromatic carbocycles. The first kappa shape index (κ1) is 22.5. The third-order valence-electron chi connectivity index (χ3n) is 4.96. The summed E-state index contributed by atoms with van der Waals surface area (Å²) in [5.74, 6) is -2.83. The molecule has 3 rings (SSSR count). The van der Waals surface area contributed by atoms with Crippen molar-refractivity contribution in [1.29, 1.82) is 0 Å². The molecule has 0 aliphatic heterocycles. The molecule has 0 fully saturated rings. The second-order valence-corrected chi connectivity index (χ2v) is 8.18. The van der Waals surface area contributed by atoms with Gasteiger partial charge in [0, 0.05) is 16.5 Å². The number of halogens is 2. The summed E-state index contributed by atoms with van der Waals surface area (Å²) in [6.45, 7) is 5.50. The number of carbonyl (C=O) groups is 2. The first-order chi connectivity index (χ1) is 14.7. The SMILES string of the molecule is CCC(C)(C)NC(=O)[C@H](c1ccccc1F)N(C(=O)c1csnn1)c1ccccc1F. The molecule has 3 aromatic rings. The maximum Gasteiger partial charge on any atom is 0.280 e. The molecule has 162 valence electrons. The Kier molecular flexibility index (Phi) is 6.74. The average molecular weight is 445 g/mol. The molecule has 1 N–H and O–H groups in total. The van der Waals surface area contributed by atoms with Gasteiger partial charge in [0.05, 0.1) is 5.69 Å². The molecule has 31 heavy (non-hydrogen) atoms. The maximum atomic E-state index is 14.9. The van der Waals surface area contributed by atoms with Crippen molar-refractivity contribution in [1.82, 2.24) is 14.9 Å². The van der Waals surface area contributed by atoms with Crippen LogP contribution >= 0.6 is 11.5 Å². The van der Waals surface area contributed by atoms with Crippen LogP contribution in [0.3, 0.4) is 0 Å². The van der Waals surface area contributed by atoms with Crippen LogP contribution in [-0.4, -0.2) is 26.9 Å². The van der Waals surface area contributed by atoms with Gasteiger partial charge in [0.1, 0.15) is 17.7 Å². The van der Waals surface area contributed by atoms with Crippen LogP contribution in [0.4, 0.5) is 14.5 Å². The Morgan fingerprint density at radius 3 is 2.32 bits per heavy atom. The minimum Gasteiger partial charge on any atom is -0.349 e. The molecule has 6 nitrogen and oxygen atoms in total. The minimum atomic E-state index is -1.47. The largest absolute Gasteiger partial charge is 0.349 e. The first-order valence-corrected chi connectivity index (χ1v) is 10.5. The summed E-state index contributed by atoms with van der Waals surface area (Å²) in [7, 11) is 0. The van der Waals surface area contributed by atoms with E-state index in [2.05, 4.69) is 14.9 Å². The lowest BCUT2D eigenvalue weighted by molar-refractivity contribution is -0.124. The number of anilines is 1. The number of para-hydroxylation sites is 1. The van der Waals surface area contributed by atoms with Crippen LogP contribution in [0.15, 0.2) is 53.9 Å². The van der Waals surface area contributed by atoms with E-state index < -0.39 is 35.0 Å². The van der Waals surface area contributed by atoms with Gasteiger partial charge in [-0.15, -0.1) is 5.10 Å². The zero-order valence-electron chi connectivity index (χ0n) is 17.3. The van der Waals surface area contributed by atoms with Gasteiger partial charge in [0.2, 0.25) is 5.91 Å². The molecule has 1 atom stereocenters. The van der Waals surface area contributed by atoms with E-state index in [9.17, 15) is 18.4 Å². The molecule has 0 aliphatic rings. The van der Waals surface area contributed by atoms with Crippen LogP contribution in [0, 0.1) is 11.6 Å². The molecule has 0 saturated heterocycles. The molecule has 1 aromatic heterocycles. The molecule has 0 radical (unpaired) electrons. The van der Waals surface area contributed by atoms with Gasteiger partial charge in [-0.3, -0.25) is 14.5 Å². The Bertz CT molecular complexity index is 1070. The van der Waals surface area contributed by atoms with Crippen LogP contribution in [0.5, 0.6) is 0 Å². The lowest BCUT2D eigenvalue weighted by Gasteiger charge is -2.34. The Morgan fingerprint density at radius 1 is 1.10 bits per heavy atom. The molecule has 0 aliphatic carbocycles. The number of nitrogens with one attached hydrogen (secondary N) is 1. The normalized spacial score (nSPS) is 12.3. The first-order valence-electron chi connectivity index (χ1n) is 9.66. The van der Waals surface area contributed by atoms with Crippen molar-refractivity contribution in [3.05, 3.63) is 76.8 Å². The standard InChI is InChI=1S/C22H22F2N4O2S/c1-4-22(2,3)25-20(29)19(14-9-5-6-10-15(14)23)28(18-12-8-7-11-16(18)24)21(30)17-13-31-27-26-17/h5-13,19H,4H2,1-3H3,(H,25,29)/t19-/m0/s1. The van der Waals surface area contributed by atoms with Crippen LogP contribution in [0.25, 0.3) is 0 Å². The molecule has 9 heteroatoms. The Hall–Kier alpha value is -3.20. The molecular weight excluding hydrogens is 422 g/mol. The lowest BCUT2D eigenvalue weighted by atomic mass is 9.97. The fraction of sp³-hybridized carbons (Fsp3) is 0.273. The zero-order chi connectivity index (χ0) is 22.6. The summed E-state index contributed by atoms with van der Waals surface area (Å²) in [4.78, 5) is 27.8. The third kappa shape index (κ3) is 4.93. The number of carbonyl (C=O) groups excluding carboxylic acids is 2. The number of aromatic nitrogens is 2. The van der Waals surface area contributed by atoms with Gasteiger partial charge in [-0.05, 0) is 50.0 Å². The summed E-state index contributed by atoms with van der Waals surface area (Å²) in [5, 5.41) is 8.01. The third-order valence-corrected chi connectivity index (χ3v) is 5.47. The summed E-state index contributed by atoms with van der Waals surface area (Å²) < 4.78 is 33.4. The van der Waals surface area contributed by atoms with E-state index in [-0.39, 0.29) is 16.9 Å². The maximum absolute atomic E-state index is 14.9. The summed E-state index contributed by atoms with van der Waals surface area (Å²) >= 11 is 0.940. The predicted octanol–water partition coefficient (Wildman–Crippen LogP) is 4.51. The van der Waals surface area contributed by atoms with Crippen molar-refractivity contribution in [3.63, 3.8) is 0 Å². The van der Waals surface area contributed by atoms with E-state index in [1.165, 1.54) is 47.8 Å². The summed E-state index contributed by atoms with van der Waals surface area (Å²) in [6.07, 6.45) is 0.590. The van der Waals surface area contributed by atoms with E-state index in [4.69, 9.17) is 0 Å². The highest BCUT2D eigenvalue weighted by Gasteiger charge is 2.38. The van der Waals surface area contributed by atoms with Gasteiger partial charge in [-0.25, -0.2) is 8.78 Å². The van der Waals surface area contributed by atoms with Gasteiger partial charge in [0.15, 0.2) is 5.69 Å². The number of amides is 2. The number of nitrogens with zero attached hydrogens (tertiary/aromatic N) is 3. The van der Waals surface area contributed by atoms with E-state index in [1.807, 2.05) is 20.8 Å². The second-order valence-electron chi connectivity index (χ2n) is 7.57. The van der Waals surface area contributed by atoms with E-state index in [0.717, 1.165) is 16.4 Å². The van der Waals surface area contributed by atoms with Crippen LogP contribution < -0.4 is 10.2 Å². The van der Waals surface area contributed by atoms with Crippen molar-refractivity contribution in [2.24, 2.45) is 0 Å².